The summed E-state index contributed by atoms with van der Waals surface area (Å²) >= 11 is 4.52. The van der Waals surface area contributed by atoms with E-state index >= 15 is 0 Å². The van der Waals surface area contributed by atoms with E-state index in [0.717, 1.165) is 0 Å². The maximum Gasteiger partial charge on any atom is 0.0851 e. The number of hydrogen-bond acceptors (Lipinski definition) is 1. The SMILES string of the molecule is C.C.[CH2-]C.[CH2-]C(=O)Cl.[Y]. The second-order valence-corrected chi connectivity index (χ2v) is 0.777. The second kappa shape index (κ2) is 36.3. The third-order valence-corrected chi connectivity index (χ3v) is 0. The largest absolute Gasteiger partial charge is 0.346 e. The Morgan fingerprint density at radius 3 is 1.33 bits per heavy atom. The number of carbonyl (C=O) groups excluding carboxylic acids is 1. The minimum Gasteiger partial charge on any atom is -0.346 e. The fourth-order valence-corrected chi connectivity index (χ4v) is 0. The van der Waals surface area contributed by atoms with Gasteiger partial charge in [-0.15, -0.1) is 0 Å². The standard InChI is InChI=1S/C2H2ClO.C2H5.2CH4.Y/c1-2(3)4;1-2;;;/h1H2;1H2,2H3;2*1H4;/q2*-1;;;. The van der Waals surface area contributed by atoms with Crippen molar-refractivity contribution in [3.05, 3.63) is 13.8 Å². The smallest absolute Gasteiger partial charge is 0.0851 e. The zero-order valence-electron chi connectivity index (χ0n) is 4.28. The van der Waals surface area contributed by atoms with Gasteiger partial charge < -0.3 is 18.6 Å². The van der Waals surface area contributed by atoms with Gasteiger partial charge in [-0.25, -0.2) is 0 Å². The molecular formula is C6H15ClOY-2. The predicted octanol–water partition coefficient (Wildman–Crippen LogP) is 2.70. The Morgan fingerprint density at radius 2 is 1.33 bits per heavy atom. The topological polar surface area (TPSA) is 17.1 Å². The maximum atomic E-state index is 9.10. The van der Waals surface area contributed by atoms with E-state index in [4.69, 9.17) is 4.79 Å². The van der Waals surface area contributed by atoms with Crippen LogP contribution in [-0.4, -0.2) is 5.24 Å². The van der Waals surface area contributed by atoms with Gasteiger partial charge in [-0.05, 0) is 0 Å². The molecule has 0 aliphatic carbocycles. The Hall–Kier alpha value is 0.934. The molecule has 0 aliphatic rings. The molecule has 57 valence electrons. The molecule has 0 aliphatic heterocycles. The zero-order chi connectivity index (χ0) is 5.58. The Labute approximate surface area is 89.4 Å². The summed E-state index contributed by atoms with van der Waals surface area (Å²) in [7, 11) is 0. The van der Waals surface area contributed by atoms with Gasteiger partial charge in [0.15, 0.2) is 0 Å². The molecule has 1 nitrogen and oxygen atoms in total. The molecule has 0 aromatic heterocycles. The first-order valence-corrected chi connectivity index (χ1v) is 1.83. The van der Waals surface area contributed by atoms with E-state index in [1.807, 2.05) is 0 Å². The summed E-state index contributed by atoms with van der Waals surface area (Å²) in [5, 5.41) is -0.611. The van der Waals surface area contributed by atoms with Crippen molar-refractivity contribution in [3.63, 3.8) is 0 Å². The molecule has 0 N–H and O–H groups in total. The first-order chi connectivity index (χ1) is 2.73. The average Bonchev–Trinajstić information content (AvgIpc) is 1.41. The zero-order valence-corrected chi connectivity index (χ0v) is 7.87. The number of carbonyl (C=O) groups is 1. The molecule has 0 saturated heterocycles. The van der Waals surface area contributed by atoms with Crippen molar-refractivity contribution in [2.75, 3.05) is 0 Å². The van der Waals surface area contributed by atoms with E-state index in [2.05, 4.69) is 25.4 Å². The molecule has 0 fully saturated rings. The number of halogens is 1. The Kier molecular flexibility index (Phi) is 132. The number of hydrogen-bond donors (Lipinski definition) is 0. The predicted molar refractivity (Wildman–Crippen MR) is 40.7 cm³/mol. The molecule has 0 bridgehead atoms. The molecule has 0 aromatic rings. The molecule has 0 aromatic carbocycles. The first kappa shape index (κ1) is 32.6. The van der Waals surface area contributed by atoms with Crippen LogP contribution in [0, 0.1) is 13.8 Å². The fraction of sp³-hybridized carbons (Fsp3) is 0.500. The monoisotopic (exact) mass is 227 g/mol. The Bertz CT molecular complexity index is 36.0. The van der Waals surface area contributed by atoms with Crippen LogP contribution in [0.3, 0.4) is 0 Å². The van der Waals surface area contributed by atoms with Crippen molar-refractivity contribution >= 4 is 16.8 Å². The van der Waals surface area contributed by atoms with Gasteiger partial charge in [-0.1, -0.05) is 26.5 Å². The first-order valence-electron chi connectivity index (χ1n) is 1.45. The fourth-order valence-electron chi connectivity index (χ4n) is 0. The Morgan fingerprint density at radius 1 is 1.33 bits per heavy atom. The van der Waals surface area contributed by atoms with E-state index in [9.17, 15) is 0 Å². The van der Waals surface area contributed by atoms with Crippen molar-refractivity contribution < 1.29 is 37.5 Å². The van der Waals surface area contributed by atoms with Crippen LogP contribution >= 0.6 is 11.6 Å². The Balaban J connectivity index is -0.00000000990. The average molecular weight is 228 g/mol. The van der Waals surface area contributed by atoms with Crippen LogP contribution in [0.25, 0.3) is 0 Å². The van der Waals surface area contributed by atoms with E-state index in [0.29, 0.717) is 0 Å². The van der Waals surface area contributed by atoms with Gasteiger partial charge in [-0.3, -0.25) is 0 Å². The van der Waals surface area contributed by atoms with Crippen molar-refractivity contribution in [2.45, 2.75) is 21.8 Å². The van der Waals surface area contributed by atoms with Crippen molar-refractivity contribution in [1.29, 1.82) is 0 Å². The van der Waals surface area contributed by atoms with Gasteiger partial charge >= 0.3 is 0 Å². The van der Waals surface area contributed by atoms with Crippen molar-refractivity contribution in [2.24, 2.45) is 0 Å². The van der Waals surface area contributed by atoms with Crippen LogP contribution in [0.4, 0.5) is 0 Å². The molecule has 0 amide bonds. The molecule has 0 heterocycles. The number of rotatable bonds is 0. The van der Waals surface area contributed by atoms with E-state index < -0.39 is 5.24 Å². The van der Waals surface area contributed by atoms with Crippen LogP contribution in [0.15, 0.2) is 0 Å². The van der Waals surface area contributed by atoms with E-state index in [1.54, 1.807) is 6.92 Å². The van der Waals surface area contributed by atoms with Crippen molar-refractivity contribution in [1.82, 2.24) is 0 Å². The summed E-state index contributed by atoms with van der Waals surface area (Å²) in [5.74, 6) is 0. The molecule has 0 rings (SSSR count). The summed E-state index contributed by atoms with van der Waals surface area (Å²) < 4.78 is 0. The molecule has 0 spiro atoms. The van der Waals surface area contributed by atoms with Gasteiger partial charge in [-0.2, -0.15) is 6.92 Å². The van der Waals surface area contributed by atoms with Crippen LogP contribution in [0.5, 0.6) is 0 Å². The van der Waals surface area contributed by atoms with Gasteiger partial charge in [0.2, 0.25) is 0 Å². The van der Waals surface area contributed by atoms with E-state index in [-0.39, 0.29) is 47.6 Å². The summed E-state index contributed by atoms with van der Waals surface area (Å²) in [6.07, 6.45) is 0. The molecule has 3 heteroatoms. The van der Waals surface area contributed by atoms with Gasteiger partial charge in [0.1, 0.15) is 0 Å². The molecular weight excluding hydrogens is 212 g/mol. The van der Waals surface area contributed by atoms with Crippen LogP contribution in [0.2, 0.25) is 0 Å². The van der Waals surface area contributed by atoms with Crippen LogP contribution < -0.4 is 0 Å². The van der Waals surface area contributed by atoms with Gasteiger partial charge in [0.25, 0.3) is 0 Å². The molecule has 1 radical (unpaired) electrons. The second-order valence-electron chi connectivity index (χ2n) is 0.355. The maximum absolute atomic E-state index is 9.10. The quantitative estimate of drug-likeness (QED) is 0.459. The summed E-state index contributed by atoms with van der Waals surface area (Å²) in [4.78, 5) is 9.10. The van der Waals surface area contributed by atoms with E-state index in [1.165, 1.54) is 0 Å². The van der Waals surface area contributed by atoms with Gasteiger partial charge in [0, 0.05) is 32.7 Å². The summed E-state index contributed by atoms with van der Waals surface area (Å²) in [5.41, 5.74) is 0. The minimum atomic E-state index is -0.611. The third kappa shape index (κ3) is 492. The van der Waals surface area contributed by atoms with Crippen LogP contribution in [-0.2, 0) is 37.5 Å². The summed E-state index contributed by atoms with van der Waals surface area (Å²) in [6.45, 7) is 7.77. The molecule has 0 atom stereocenters. The molecule has 0 unspecified atom stereocenters. The van der Waals surface area contributed by atoms with Gasteiger partial charge in [0.05, 0.1) is 5.24 Å². The third-order valence-electron chi connectivity index (χ3n) is 0. The van der Waals surface area contributed by atoms with Crippen molar-refractivity contribution in [3.8, 4) is 0 Å². The minimum absolute atomic E-state index is 0. The molecule has 9 heavy (non-hydrogen) atoms. The summed E-state index contributed by atoms with van der Waals surface area (Å²) in [6, 6.07) is 0. The molecule has 0 saturated carbocycles. The van der Waals surface area contributed by atoms with Crippen LogP contribution in [0.1, 0.15) is 21.8 Å². The normalized spacial score (nSPS) is 3.44.